The fourth-order valence-corrected chi connectivity index (χ4v) is 7.39. The van der Waals surface area contributed by atoms with Crippen LogP contribution in [0.15, 0.2) is 42.5 Å². The number of hydrogen-bond donors (Lipinski definition) is 0. The molecule has 0 spiro atoms. The Bertz CT molecular complexity index is 1210. The summed E-state index contributed by atoms with van der Waals surface area (Å²) < 4.78 is 10.9. The van der Waals surface area contributed by atoms with Gasteiger partial charge in [-0.3, -0.25) is 19.3 Å². The topological polar surface area (TPSA) is 90.0 Å². The Morgan fingerprint density at radius 1 is 0.917 bits per heavy atom. The van der Waals surface area contributed by atoms with E-state index in [-0.39, 0.29) is 41.7 Å². The van der Waals surface area contributed by atoms with Crippen LogP contribution in [0.2, 0.25) is 0 Å². The summed E-state index contributed by atoms with van der Waals surface area (Å²) in [4.78, 5) is 53.0. The van der Waals surface area contributed by atoms with Crippen LogP contribution in [0.1, 0.15) is 75.2 Å². The first-order chi connectivity index (χ1) is 17.4. The van der Waals surface area contributed by atoms with Gasteiger partial charge in [-0.15, -0.1) is 0 Å². The van der Waals surface area contributed by atoms with Crippen LogP contribution in [-0.2, 0) is 16.1 Å². The first kappa shape index (κ1) is 23.0. The van der Waals surface area contributed by atoms with Gasteiger partial charge in [0.25, 0.3) is 11.8 Å². The van der Waals surface area contributed by atoms with Crippen LogP contribution in [0.25, 0.3) is 0 Å². The van der Waals surface area contributed by atoms with Crippen LogP contribution >= 0.6 is 0 Å². The molecule has 36 heavy (non-hydrogen) atoms. The van der Waals surface area contributed by atoms with E-state index in [4.69, 9.17) is 9.47 Å². The molecule has 1 heterocycles. The molecule has 0 aromatic heterocycles. The first-order valence-electron chi connectivity index (χ1n) is 12.7. The lowest BCUT2D eigenvalue weighted by Gasteiger charge is -2.55. The van der Waals surface area contributed by atoms with Crippen molar-refractivity contribution in [3.05, 3.63) is 64.7 Å². The number of ketones is 1. The van der Waals surface area contributed by atoms with Crippen molar-refractivity contribution < 1.29 is 28.7 Å². The Balaban J connectivity index is 1.16. The summed E-state index contributed by atoms with van der Waals surface area (Å²) in [6.45, 7) is -0.223. The number of imide groups is 1. The van der Waals surface area contributed by atoms with Crippen molar-refractivity contribution in [1.29, 1.82) is 0 Å². The minimum atomic E-state index is -0.644. The van der Waals surface area contributed by atoms with E-state index >= 15 is 0 Å². The molecule has 7 rings (SSSR count). The average molecular weight is 488 g/mol. The number of ether oxygens (including phenoxy) is 2. The quantitative estimate of drug-likeness (QED) is 0.424. The molecule has 0 N–H and O–H groups in total. The number of methoxy groups -OCH3 is 1. The van der Waals surface area contributed by atoms with Gasteiger partial charge in [0.1, 0.15) is 11.3 Å². The van der Waals surface area contributed by atoms with Gasteiger partial charge in [-0.05, 0) is 86.1 Å². The van der Waals surface area contributed by atoms with Crippen LogP contribution in [0, 0.1) is 23.2 Å². The zero-order valence-corrected chi connectivity index (χ0v) is 20.3. The predicted octanol–water partition coefficient (Wildman–Crippen LogP) is 4.43. The standard InChI is InChI=1S/C29H29NO6/c1-35-24-7-6-17(15-30-26(32)21-4-2-3-5-22(21)27(30)33)11-23(24)28(34)36-16-25(31)29-12-18-8-19(13-29)10-20(9-18)14-29/h2-7,11,18-20H,8-10,12-16H2,1H3. The van der Waals surface area contributed by atoms with E-state index in [0.29, 0.717) is 40.2 Å². The molecule has 2 aromatic rings. The van der Waals surface area contributed by atoms with Crippen LogP contribution in [0.3, 0.4) is 0 Å². The lowest BCUT2D eigenvalue weighted by molar-refractivity contribution is -0.147. The van der Waals surface area contributed by atoms with Crippen LogP contribution in [0.5, 0.6) is 5.75 Å². The highest BCUT2D eigenvalue weighted by Gasteiger charge is 2.54. The molecule has 0 atom stereocenters. The summed E-state index contributed by atoms with van der Waals surface area (Å²) in [7, 11) is 1.45. The Kier molecular flexibility index (Phi) is 5.47. The number of rotatable bonds is 7. The van der Waals surface area contributed by atoms with E-state index in [1.54, 1.807) is 42.5 Å². The molecule has 1 aliphatic heterocycles. The zero-order valence-electron chi connectivity index (χ0n) is 20.3. The van der Waals surface area contributed by atoms with Gasteiger partial charge in [0.2, 0.25) is 0 Å². The van der Waals surface area contributed by atoms with Gasteiger partial charge in [-0.25, -0.2) is 4.79 Å². The number of Topliss-reactive ketones (excluding diaryl/α,β-unsaturated/α-hetero) is 1. The highest BCUT2D eigenvalue weighted by molar-refractivity contribution is 6.21. The molecule has 186 valence electrons. The van der Waals surface area contributed by atoms with E-state index in [9.17, 15) is 19.2 Å². The number of fused-ring (bicyclic) bond motifs is 1. The molecule has 4 bridgehead atoms. The normalized spacial score (nSPS) is 27.8. The number of hydrogen-bond acceptors (Lipinski definition) is 6. The van der Waals surface area contributed by atoms with Crippen molar-refractivity contribution in [3.63, 3.8) is 0 Å². The van der Waals surface area contributed by atoms with Gasteiger partial charge in [-0.2, -0.15) is 0 Å². The number of nitrogens with zero attached hydrogens (tertiary/aromatic N) is 1. The molecule has 2 aromatic carbocycles. The molecular weight excluding hydrogens is 458 g/mol. The van der Waals surface area contributed by atoms with Gasteiger partial charge in [0.05, 0.1) is 24.8 Å². The lowest BCUT2D eigenvalue weighted by atomic mass is 9.48. The average Bonchev–Trinajstić information content (AvgIpc) is 3.11. The van der Waals surface area contributed by atoms with Gasteiger partial charge in [0.15, 0.2) is 12.4 Å². The fraction of sp³-hybridized carbons (Fsp3) is 0.448. The zero-order chi connectivity index (χ0) is 25.0. The van der Waals surface area contributed by atoms with Crippen LogP contribution in [0.4, 0.5) is 0 Å². The SMILES string of the molecule is COc1ccc(CN2C(=O)c3ccccc3C2=O)cc1C(=O)OCC(=O)C12CC3CC(CC(C3)C1)C2. The van der Waals surface area contributed by atoms with E-state index in [1.165, 1.54) is 26.4 Å². The molecule has 0 radical (unpaired) electrons. The predicted molar refractivity (Wildman–Crippen MR) is 130 cm³/mol. The smallest absolute Gasteiger partial charge is 0.342 e. The second-order valence-corrected chi connectivity index (χ2v) is 11.0. The van der Waals surface area contributed by atoms with Crippen molar-refractivity contribution in [2.24, 2.45) is 23.2 Å². The summed E-state index contributed by atoms with van der Waals surface area (Å²) in [5, 5.41) is 0. The molecule has 2 amide bonds. The molecule has 0 saturated heterocycles. The maximum absolute atomic E-state index is 13.3. The molecular formula is C29H29NO6. The second-order valence-electron chi connectivity index (χ2n) is 11.0. The van der Waals surface area contributed by atoms with Crippen molar-refractivity contribution in [2.45, 2.75) is 45.1 Å². The van der Waals surface area contributed by atoms with Gasteiger partial charge >= 0.3 is 5.97 Å². The monoisotopic (exact) mass is 487 g/mol. The van der Waals surface area contributed by atoms with Gasteiger partial charge in [-0.1, -0.05) is 18.2 Å². The Morgan fingerprint density at radius 3 is 2.06 bits per heavy atom. The molecule has 7 heteroatoms. The third kappa shape index (κ3) is 3.72. The van der Waals surface area contributed by atoms with Crippen molar-refractivity contribution in [3.8, 4) is 5.75 Å². The highest BCUT2D eigenvalue weighted by Crippen LogP contribution is 2.60. The summed E-state index contributed by atoms with van der Waals surface area (Å²) >= 11 is 0. The van der Waals surface area contributed by atoms with Crippen LogP contribution in [-0.4, -0.2) is 42.2 Å². The van der Waals surface area contributed by atoms with Gasteiger partial charge < -0.3 is 9.47 Å². The van der Waals surface area contributed by atoms with Crippen molar-refractivity contribution >= 4 is 23.6 Å². The van der Waals surface area contributed by atoms with Crippen LogP contribution < -0.4 is 4.74 Å². The number of esters is 1. The molecule has 7 nitrogen and oxygen atoms in total. The number of amides is 2. The minimum absolute atomic E-state index is 0.0167. The minimum Gasteiger partial charge on any atom is -0.496 e. The van der Waals surface area contributed by atoms with E-state index in [2.05, 4.69) is 0 Å². The van der Waals surface area contributed by atoms with Crippen molar-refractivity contribution in [1.82, 2.24) is 4.90 Å². The molecule has 4 saturated carbocycles. The Hall–Kier alpha value is -3.48. The maximum Gasteiger partial charge on any atom is 0.342 e. The molecule has 0 unspecified atom stereocenters. The molecule has 4 aliphatic carbocycles. The number of carbonyl (C=O) groups excluding carboxylic acids is 4. The Labute approximate surface area is 209 Å². The number of benzene rings is 2. The first-order valence-corrected chi connectivity index (χ1v) is 12.7. The van der Waals surface area contributed by atoms with Gasteiger partial charge in [0, 0.05) is 5.41 Å². The summed E-state index contributed by atoms with van der Waals surface area (Å²) in [5.41, 5.74) is 1.18. The largest absolute Gasteiger partial charge is 0.496 e. The van der Waals surface area contributed by atoms with E-state index in [1.807, 2.05) is 0 Å². The molecule has 4 fully saturated rings. The third-order valence-corrected chi connectivity index (χ3v) is 8.67. The second kappa shape index (κ2) is 8.57. The highest BCUT2D eigenvalue weighted by atomic mass is 16.5. The molecule has 5 aliphatic rings. The maximum atomic E-state index is 13.3. The van der Waals surface area contributed by atoms with E-state index < -0.39 is 5.97 Å². The Morgan fingerprint density at radius 2 is 1.50 bits per heavy atom. The fourth-order valence-electron chi connectivity index (χ4n) is 7.39. The summed E-state index contributed by atoms with van der Waals surface area (Å²) in [6.07, 6.45) is 6.49. The van der Waals surface area contributed by atoms with Crippen molar-refractivity contribution in [2.75, 3.05) is 13.7 Å². The van der Waals surface area contributed by atoms with E-state index in [0.717, 1.165) is 24.2 Å². The summed E-state index contributed by atoms with van der Waals surface area (Å²) in [6, 6.07) is 11.6. The summed E-state index contributed by atoms with van der Waals surface area (Å²) in [5.74, 6) is 0.881. The lowest BCUT2D eigenvalue weighted by Crippen LogP contribution is -2.51. The third-order valence-electron chi connectivity index (χ3n) is 8.67. The number of carbonyl (C=O) groups is 4.